The Morgan fingerprint density at radius 1 is 1.38 bits per heavy atom. The fourth-order valence-corrected chi connectivity index (χ4v) is 0.625. The minimum absolute atomic E-state index is 0.722. The van der Waals surface area contributed by atoms with Crippen LogP contribution in [-0.4, -0.2) is 19.0 Å². The van der Waals surface area contributed by atoms with Gasteiger partial charge in [0.2, 0.25) is 0 Å². The van der Waals surface area contributed by atoms with Crippen molar-refractivity contribution < 1.29 is 0 Å². The normalized spacial score (nSPS) is 17.2. The predicted octanol–water partition coefficient (Wildman–Crippen LogP) is 1.61. The Kier molecular flexibility index (Phi) is 7.48. The zero-order chi connectivity index (χ0) is 6.24. The zero-order valence-electron chi connectivity index (χ0n) is 5.41. The molecule has 0 radical (unpaired) electrons. The Morgan fingerprint density at radius 2 is 1.75 bits per heavy atom. The average molecular weight is 136 g/mol. The summed E-state index contributed by atoms with van der Waals surface area (Å²) in [5.41, 5.74) is 0. The molecule has 0 spiro atoms. The first-order valence-corrected chi connectivity index (χ1v) is 3.72. The lowest BCUT2D eigenvalue weighted by atomic mass is 10.4. The first-order valence-electron chi connectivity index (χ1n) is 3.18. The second-order valence-electron chi connectivity index (χ2n) is 1.72. The fraction of sp³-hybridized carbons (Fsp3) is 1.00. The van der Waals surface area contributed by atoms with E-state index in [9.17, 15) is 0 Å². The molecule has 50 valence electrons. The summed E-state index contributed by atoms with van der Waals surface area (Å²) in [6, 6.07) is 0. The lowest BCUT2D eigenvalue weighted by Gasteiger charge is -1.76. The summed E-state index contributed by atoms with van der Waals surface area (Å²) in [4.78, 5) is 0. The topological polar surface area (TPSA) is 12.0 Å². The Balaban J connectivity index is 0.000000145. The highest BCUT2D eigenvalue weighted by Crippen LogP contribution is 1.90. The number of nitrogens with one attached hydrogen (secondary N) is 1. The molecule has 1 aliphatic heterocycles. The molecule has 0 saturated carbocycles. The highest BCUT2D eigenvalue weighted by molar-refractivity contribution is 6.17. The first-order chi connectivity index (χ1) is 3.91. The number of hydrogen-bond acceptors (Lipinski definition) is 1. The van der Waals surface area contributed by atoms with E-state index in [0.717, 1.165) is 5.88 Å². The van der Waals surface area contributed by atoms with Crippen LogP contribution in [0.2, 0.25) is 0 Å². The van der Waals surface area contributed by atoms with E-state index >= 15 is 0 Å². The van der Waals surface area contributed by atoms with Gasteiger partial charge in [-0.2, -0.15) is 0 Å². The molecule has 0 atom stereocenters. The molecule has 8 heavy (non-hydrogen) atoms. The van der Waals surface area contributed by atoms with Crippen LogP contribution in [-0.2, 0) is 0 Å². The van der Waals surface area contributed by atoms with Crippen molar-refractivity contribution in [3.63, 3.8) is 0 Å². The van der Waals surface area contributed by atoms with Crippen molar-refractivity contribution >= 4 is 11.6 Å². The van der Waals surface area contributed by atoms with Crippen LogP contribution in [0, 0.1) is 0 Å². The lowest BCUT2D eigenvalue weighted by Crippen LogP contribution is -2.03. The molecule has 0 aliphatic carbocycles. The van der Waals surface area contributed by atoms with Gasteiger partial charge in [0.05, 0.1) is 0 Å². The van der Waals surface area contributed by atoms with E-state index in [0.29, 0.717) is 0 Å². The molecule has 1 nitrogen and oxygen atoms in total. The number of rotatable bonds is 0. The Hall–Kier alpha value is 0.250. The average Bonchev–Trinajstić information content (AvgIpc) is 2.17. The molecule has 0 aromatic carbocycles. The van der Waals surface area contributed by atoms with Gasteiger partial charge in [-0.15, -0.1) is 11.6 Å². The summed E-state index contributed by atoms with van der Waals surface area (Å²) in [6.07, 6.45) is 2.78. The van der Waals surface area contributed by atoms with E-state index < -0.39 is 0 Å². The number of alkyl halides is 1. The molecular formula is C6H14ClN. The molecule has 0 unspecified atom stereocenters. The van der Waals surface area contributed by atoms with Crippen molar-refractivity contribution in [3.05, 3.63) is 0 Å². The summed E-state index contributed by atoms with van der Waals surface area (Å²) in [5.74, 6) is 0.722. The molecular weight excluding hydrogens is 122 g/mol. The molecule has 0 bridgehead atoms. The van der Waals surface area contributed by atoms with Gasteiger partial charge < -0.3 is 5.32 Å². The monoisotopic (exact) mass is 135 g/mol. The molecule has 1 saturated heterocycles. The number of hydrogen-bond donors (Lipinski definition) is 1. The van der Waals surface area contributed by atoms with E-state index in [-0.39, 0.29) is 0 Å². The van der Waals surface area contributed by atoms with Crippen LogP contribution in [0.25, 0.3) is 0 Å². The van der Waals surface area contributed by atoms with Crippen molar-refractivity contribution in [1.82, 2.24) is 5.32 Å². The van der Waals surface area contributed by atoms with Gasteiger partial charge in [0, 0.05) is 5.88 Å². The van der Waals surface area contributed by atoms with Gasteiger partial charge in [-0.05, 0) is 25.9 Å². The van der Waals surface area contributed by atoms with E-state index in [1.807, 2.05) is 6.92 Å². The third kappa shape index (κ3) is 6.25. The van der Waals surface area contributed by atoms with Gasteiger partial charge in [-0.25, -0.2) is 0 Å². The van der Waals surface area contributed by atoms with Gasteiger partial charge >= 0.3 is 0 Å². The quantitative estimate of drug-likeness (QED) is 0.498. The molecule has 0 aromatic rings. The Labute approximate surface area is 56.4 Å². The van der Waals surface area contributed by atoms with Crippen molar-refractivity contribution in [2.45, 2.75) is 19.8 Å². The second kappa shape index (κ2) is 7.25. The smallest absolute Gasteiger partial charge is 0.0195 e. The van der Waals surface area contributed by atoms with Crippen LogP contribution in [0.1, 0.15) is 19.8 Å². The molecule has 1 aliphatic rings. The van der Waals surface area contributed by atoms with Crippen LogP contribution in [0.5, 0.6) is 0 Å². The van der Waals surface area contributed by atoms with E-state index in [1.165, 1.54) is 25.9 Å². The van der Waals surface area contributed by atoms with Crippen molar-refractivity contribution in [1.29, 1.82) is 0 Å². The van der Waals surface area contributed by atoms with Crippen molar-refractivity contribution in [2.75, 3.05) is 19.0 Å². The minimum atomic E-state index is 0.722. The van der Waals surface area contributed by atoms with Crippen LogP contribution in [0.4, 0.5) is 0 Å². The number of halogens is 1. The largest absolute Gasteiger partial charge is 0.317 e. The van der Waals surface area contributed by atoms with Crippen LogP contribution >= 0.6 is 11.6 Å². The summed E-state index contributed by atoms with van der Waals surface area (Å²) >= 11 is 5.00. The highest BCUT2D eigenvalue weighted by Gasteiger charge is 1.93. The maximum atomic E-state index is 5.00. The Bertz CT molecular complexity index is 27.9. The summed E-state index contributed by atoms with van der Waals surface area (Å²) in [7, 11) is 0. The molecule has 1 N–H and O–H groups in total. The summed E-state index contributed by atoms with van der Waals surface area (Å²) < 4.78 is 0. The summed E-state index contributed by atoms with van der Waals surface area (Å²) in [6.45, 7) is 4.39. The molecule has 1 fully saturated rings. The zero-order valence-corrected chi connectivity index (χ0v) is 6.17. The third-order valence-electron chi connectivity index (χ3n) is 0.957. The second-order valence-corrected chi connectivity index (χ2v) is 2.26. The van der Waals surface area contributed by atoms with Crippen molar-refractivity contribution in [3.8, 4) is 0 Å². The molecule has 1 rings (SSSR count). The third-order valence-corrected chi connectivity index (χ3v) is 0.957. The summed E-state index contributed by atoms with van der Waals surface area (Å²) in [5, 5.41) is 3.22. The standard InChI is InChI=1S/C4H9N.C2H5Cl/c1-2-4-5-3-1;1-2-3/h5H,1-4H2;2H2,1H3. The Morgan fingerprint density at radius 3 is 1.88 bits per heavy atom. The maximum absolute atomic E-state index is 5.00. The predicted molar refractivity (Wildman–Crippen MR) is 38.5 cm³/mol. The maximum Gasteiger partial charge on any atom is 0.0195 e. The van der Waals surface area contributed by atoms with Crippen molar-refractivity contribution in [2.24, 2.45) is 0 Å². The fourth-order valence-electron chi connectivity index (χ4n) is 0.625. The van der Waals surface area contributed by atoms with E-state index in [4.69, 9.17) is 11.6 Å². The van der Waals surface area contributed by atoms with Gasteiger partial charge in [0.15, 0.2) is 0 Å². The lowest BCUT2D eigenvalue weighted by molar-refractivity contribution is 0.857. The van der Waals surface area contributed by atoms with Gasteiger partial charge in [-0.1, -0.05) is 6.92 Å². The molecule has 2 heteroatoms. The van der Waals surface area contributed by atoms with E-state index in [1.54, 1.807) is 0 Å². The molecule has 0 aromatic heterocycles. The molecule has 0 amide bonds. The SMILES string of the molecule is C1CCNC1.CCCl. The van der Waals surface area contributed by atoms with Crippen LogP contribution < -0.4 is 5.32 Å². The van der Waals surface area contributed by atoms with Crippen LogP contribution in [0.15, 0.2) is 0 Å². The molecule has 1 heterocycles. The highest BCUT2D eigenvalue weighted by atomic mass is 35.5. The minimum Gasteiger partial charge on any atom is -0.317 e. The van der Waals surface area contributed by atoms with Gasteiger partial charge in [0.25, 0.3) is 0 Å². The van der Waals surface area contributed by atoms with E-state index in [2.05, 4.69) is 5.32 Å². The first kappa shape index (κ1) is 8.25. The van der Waals surface area contributed by atoms with Gasteiger partial charge in [0.1, 0.15) is 0 Å². The van der Waals surface area contributed by atoms with Crippen LogP contribution in [0.3, 0.4) is 0 Å². The van der Waals surface area contributed by atoms with Gasteiger partial charge in [-0.3, -0.25) is 0 Å².